The largest absolute Gasteiger partial charge is 0.507 e. The van der Waals surface area contributed by atoms with E-state index in [0.29, 0.717) is 42.1 Å². The molecule has 1 fully saturated rings. The van der Waals surface area contributed by atoms with Crippen molar-refractivity contribution in [2.24, 2.45) is 0 Å². The fourth-order valence-corrected chi connectivity index (χ4v) is 4.49. The van der Waals surface area contributed by atoms with Crippen LogP contribution in [0.3, 0.4) is 0 Å². The van der Waals surface area contributed by atoms with E-state index in [1.54, 1.807) is 25.1 Å². The lowest BCUT2D eigenvalue weighted by molar-refractivity contribution is -0.384. The molecule has 0 unspecified atom stereocenters. The molecular weight excluding hydrogens is 488 g/mol. The van der Waals surface area contributed by atoms with Gasteiger partial charge in [-0.15, -0.1) is 0 Å². The van der Waals surface area contributed by atoms with E-state index >= 15 is 0 Å². The second kappa shape index (κ2) is 11.7. The lowest BCUT2D eigenvalue weighted by Gasteiger charge is -2.25. The number of rotatable bonds is 10. The number of non-ortho nitro benzene ring substituents is 1. The van der Waals surface area contributed by atoms with Gasteiger partial charge in [-0.25, -0.2) is 0 Å². The second-order valence-corrected chi connectivity index (χ2v) is 8.94. The number of amides is 1. The summed E-state index contributed by atoms with van der Waals surface area (Å²) >= 11 is 0. The molecule has 4 rings (SSSR count). The van der Waals surface area contributed by atoms with Gasteiger partial charge in [0.15, 0.2) is 0 Å². The molecule has 9 nitrogen and oxygen atoms in total. The van der Waals surface area contributed by atoms with Crippen molar-refractivity contribution in [2.75, 3.05) is 20.3 Å². The van der Waals surface area contributed by atoms with Crippen molar-refractivity contribution >= 4 is 23.1 Å². The summed E-state index contributed by atoms with van der Waals surface area (Å²) in [4.78, 5) is 38.2. The number of aliphatic hydroxyl groups is 1. The van der Waals surface area contributed by atoms with Gasteiger partial charge in [0.2, 0.25) is 0 Å². The number of carbonyl (C=O) groups is 2. The summed E-state index contributed by atoms with van der Waals surface area (Å²) in [5.74, 6) is -1.28. The van der Waals surface area contributed by atoms with Gasteiger partial charge in [-0.05, 0) is 60.4 Å². The summed E-state index contributed by atoms with van der Waals surface area (Å²) in [5, 5.41) is 22.5. The van der Waals surface area contributed by atoms with Crippen LogP contribution in [0.15, 0.2) is 78.4 Å². The standard InChI is InChI=1S/C29H28N2O7/c1-19-17-23(38-18-20-7-4-3-5-8-20)13-14-24(19)27(32)25-26(21-9-11-22(12-10-21)31(35)36)30(15-6-16-37-2)29(34)28(25)33/h3-5,7-14,17,26,32H,6,15-16,18H2,1-2H3/t26-/m1/s1. The Morgan fingerprint density at radius 3 is 2.39 bits per heavy atom. The van der Waals surface area contributed by atoms with Crippen LogP contribution < -0.4 is 4.74 Å². The number of methoxy groups -OCH3 is 1. The van der Waals surface area contributed by atoms with Crippen LogP contribution in [0.4, 0.5) is 5.69 Å². The van der Waals surface area contributed by atoms with Crippen LogP contribution in [0.2, 0.25) is 0 Å². The molecular formula is C29H28N2O7. The minimum atomic E-state index is -0.902. The van der Waals surface area contributed by atoms with E-state index in [2.05, 4.69) is 0 Å². The number of hydrogen-bond acceptors (Lipinski definition) is 7. The zero-order valence-corrected chi connectivity index (χ0v) is 21.1. The van der Waals surface area contributed by atoms with Gasteiger partial charge in [0.25, 0.3) is 17.4 Å². The third kappa shape index (κ3) is 5.57. The molecule has 1 aliphatic heterocycles. The Kier molecular flexibility index (Phi) is 8.18. The minimum absolute atomic E-state index is 0.0673. The molecule has 0 aliphatic carbocycles. The maximum Gasteiger partial charge on any atom is 0.295 e. The lowest BCUT2D eigenvalue weighted by Crippen LogP contribution is -2.31. The SMILES string of the molecule is COCCCN1C(=O)C(=O)C(=C(O)c2ccc(OCc3ccccc3)cc2C)[C@H]1c1ccc([N+](=O)[O-])cc1. The minimum Gasteiger partial charge on any atom is -0.507 e. The van der Waals surface area contributed by atoms with Crippen LogP contribution in [0.1, 0.15) is 34.7 Å². The summed E-state index contributed by atoms with van der Waals surface area (Å²) in [6.07, 6.45) is 0.472. The van der Waals surface area contributed by atoms with Crippen LogP contribution in [-0.4, -0.2) is 46.9 Å². The number of nitrogens with zero attached hydrogens (tertiary/aromatic N) is 2. The first-order valence-corrected chi connectivity index (χ1v) is 12.1. The molecule has 3 aromatic carbocycles. The monoisotopic (exact) mass is 516 g/mol. The van der Waals surface area contributed by atoms with Gasteiger partial charge in [0.05, 0.1) is 16.5 Å². The Balaban J connectivity index is 1.70. The first-order chi connectivity index (χ1) is 18.3. The molecule has 0 bridgehead atoms. The highest BCUT2D eigenvalue weighted by Gasteiger charge is 2.46. The Bertz CT molecular complexity index is 1370. The van der Waals surface area contributed by atoms with Crippen molar-refractivity contribution in [1.29, 1.82) is 0 Å². The van der Waals surface area contributed by atoms with Crippen LogP contribution in [0, 0.1) is 17.0 Å². The molecule has 1 atom stereocenters. The Labute approximate surface area is 220 Å². The number of benzene rings is 3. The van der Waals surface area contributed by atoms with E-state index in [0.717, 1.165) is 5.56 Å². The van der Waals surface area contributed by atoms with Crippen LogP contribution >= 0.6 is 0 Å². The number of hydrogen-bond donors (Lipinski definition) is 1. The molecule has 1 N–H and O–H groups in total. The highest BCUT2D eigenvalue weighted by atomic mass is 16.6. The van der Waals surface area contributed by atoms with Crippen molar-refractivity contribution in [2.45, 2.75) is 26.0 Å². The number of ketones is 1. The smallest absolute Gasteiger partial charge is 0.295 e. The number of aliphatic hydroxyl groups excluding tert-OH is 1. The van der Waals surface area contributed by atoms with Crippen molar-refractivity contribution in [3.05, 3.63) is 111 Å². The molecule has 0 spiro atoms. The number of Topliss-reactive ketones (excluding diaryl/α,β-unsaturated/α-hetero) is 1. The van der Waals surface area contributed by atoms with Gasteiger partial charge >= 0.3 is 0 Å². The topological polar surface area (TPSA) is 119 Å². The molecule has 1 heterocycles. The highest BCUT2D eigenvalue weighted by Crippen LogP contribution is 2.40. The van der Waals surface area contributed by atoms with Crippen LogP contribution in [0.25, 0.3) is 5.76 Å². The van der Waals surface area contributed by atoms with Gasteiger partial charge in [-0.2, -0.15) is 0 Å². The molecule has 1 saturated heterocycles. The Morgan fingerprint density at radius 2 is 1.76 bits per heavy atom. The number of nitro benzene ring substituents is 1. The summed E-state index contributed by atoms with van der Waals surface area (Å²) in [6, 6.07) is 19.5. The number of likely N-dealkylation sites (tertiary alicyclic amines) is 1. The number of nitro groups is 1. The zero-order valence-electron chi connectivity index (χ0n) is 21.1. The molecule has 196 valence electrons. The summed E-state index contributed by atoms with van der Waals surface area (Å²) in [5.41, 5.74) is 2.34. The van der Waals surface area contributed by atoms with Gasteiger partial charge in [-0.1, -0.05) is 30.3 Å². The maximum atomic E-state index is 13.2. The molecule has 0 saturated carbocycles. The van der Waals surface area contributed by atoms with Crippen molar-refractivity contribution in [3.8, 4) is 5.75 Å². The van der Waals surface area contributed by atoms with E-state index in [1.807, 2.05) is 30.3 Å². The number of ether oxygens (including phenoxy) is 2. The molecule has 1 aliphatic rings. The summed E-state index contributed by atoms with van der Waals surface area (Å²) < 4.78 is 11.0. The molecule has 0 aromatic heterocycles. The average molecular weight is 517 g/mol. The molecule has 9 heteroatoms. The van der Waals surface area contributed by atoms with Crippen molar-refractivity contribution in [3.63, 3.8) is 0 Å². The van der Waals surface area contributed by atoms with Crippen molar-refractivity contribution in [1.82, 2.24) is 4.90 Å². The molecule has 0 radical (unpaired) electrons. The Morgan fingerprint density at radius 1 is 1.05 bits per heavy atom. The third-order valence-electron chi connectivity index (χ3n) is 6.41. The van der Waals surface area contributed by atoms with Crippen LogP contribution in [0.5, 0.6) is 5.75 Å². The van der Waals surface area contributed by atoms with Gasteiger partial charge < -0.3 is 19.5 Å². The van der Waals surface area contributed by atoms with E-state index in [-0.39, 0.29) is 23.6 Å². The van der Waals surface area contributed by atoms with Gasteiger partial charge in [-0.3, -0.25) is 19.7 Å². The number of aryl methyl sites for hydroxylation is 1. The fraction of sp³-hybridized carbons (Fsp3) is 0.241. The van der Waals surface area contributed by atoms with Gasteiger partial charge in [0, 0.05) is 38.0 Å². The molecule has 1 amide bonds. The molecule has 3 aromatic rings. The van der Waals surface area contributed by atoms with E-state index < -0.39 is 22.7 Å². The van der Waals surface area contributed by atoms with E-state index in [4.69, 9.17) is 9.47 Å². The average Bonchev–Trinajstić information content (AvgIpc) is 3.17. The zero-order chi connectivity index (χ0) is 27.2. The van der Waals surface area contributed by atoms with Crippen LogP contribution in [-0.2, 0) is 20.9 Å². The Hall–Kier alpha value is -4.50. The first-order valence-electron chi connectivity index (χ1n) is 12.1. The third-order valence-corrected chi connectivity index (χ3v) is 6.41. The summed E-state index contributed by atoms with van der Waals surface area (Å²) in [7, 11) is 1.54. The highest BCUT2D eigenvalue weighted by molar-refractivity contribution is 6.46. The summed E-state index contributed by atoms with van der Waals surface area (Å²) in [6.45, 7) is 2.74. The van der Waals surface area contributed by atoms with Crippen molar-refractivity contribution < 1.29 is 29.1 Å². The predicted molar refractivity (Wildman–Crippen MR) is 141 cm³/mol. The fourth-order valence-electron chi connectivity index (χ4n) is 4.49. The van der Waals surface area contributed by atoms with E-state index in [1.165, 1.54) is 36.3 Å². The predicted octanol–water partition coefficient (Wildman–Crippen LogP) is 4.94. The second-order valence-electron chi connectivity index (χ2n) is 8.94. The van der Waals surface area contributed by atoms with Gasteiger partial charge in [0.1, 0.15) is 18.1 Å². The number of carbonyl (C=O) groups excluding carboxylic acids is 2. The molecule has 38 heavy (non-hydrogen) atoms. The first kappa shape index (κ1) is 26.6. The quantitative estimate of drug-likeness (QED) is 0.101. The van der Waals surface area contributed by atoms with E-state index in [9.17, 15) is 24.8 Å². The normalized spacial score (nSPS) is 16.6. The lowest BCUT2D eigenvalue weighted by atomic mass is 9.93. The maximum absolute atomic E-state index is 13.2.